The van der Waals surface area contributed by atoms with E-state index in [1.165, 1.54) is 5.56 Å². The molecular weight excluding hydrogens is 248 g/mol. The van der Waals surface area contributed by atoms with E-state index in [9.17, 15) is 5.11 Å². The van der Waals surface area contributed by atoms with Crippen LogP contribution in [0.3, 0.4) is 0 Å². The fourth-order valence-corrected chi connectivity index (χ4v) is 2.35. The SMILES string of the molecule is CCN(Cc1ccncc1)CC(C)(O)c1ccccc1. The Kier molecular flexibility index (Phi) is 4.88. The van der Waals surface area contributed by atoms with E-state index < -0.39 is 5.60 Å². The normalized spacial score (nSPS) is 14.2. The molecule has 0 aliphatic rings. The topological polar surface area (TPSA) is 36.4 Å². The first kappa shape index (κ1) is 14.7. The summed E-state index contributed by atoms with van der Waals surface area (Å²) < 4.78 is 0. The standard InChI is InChI=1S/C17H22N2O/c1-3-19(13-15-9-11-18-12-10-15)14-17(2,20)16-7-5-4-6-8-16/h4-12,20H,3,13-14H2,1-2H3. The van der Waals surface area contributed by atoms with Crippen LogP contribution in [0.4, 0.5) is 0 Å². The Bertz CT molecular complexity index is 511. The van der Waals surface area contributed by atoms with Crippen LogP contribution in [0.2, 0.25) is 0 Å². The minimum Gasteiger partial charge on any atom is -0.384 e. The highest BCUT2D eigenvalue weighted by molar-refractivity contribution is 5.22. The molecule has 0 saturated heterocycles. The van der Waals surface area contributed by atoms with Crippen LogP contribution in [0.25, 0.3) is 0 Å². The molecule has 0 radical (unpaired) electrons. The molecular formula is C17H22N2O. The zero-order chi connectivity index (χ0) is 14.4. The molecule has 1 heterocycles. The summed E-state index contributed by atoms with van der Waals surface area (Å²) in [7, 11) is 0. The summed E-state index contributed by atoms with van der Waals surface area (Å²) >= 11 is 0. The van der Waals surface area contributed by atoms with Crippen molar-refractivity contribution in [2.45, 2.75) is 26.0 Å². The number of hydrogen-bond acceptors (Lipinski definition) is 3. The first-order valence-corrected chi connectivity index (χ1v) is 7.01. The van der Waals surface area contributed by atoms with Crippen LogP contribution in [0.1, 0.15) is 25.0 Å². The third-order valence-corrected chi connectivity index (χ3v) is 3.53. The largest absolute Gasteiger partial charge is 0.384 e. The van der Waals surface area contributed by atoms with Crippen LogP contribution in [0, 0.1) is 0 Å². The molecule has 1 atom stereocenters. The number of benzene rings is 1. The van der Waals surface area contributed by atoms with Crippen LogP contribution in [-0.4, -0.2) is 28.1 Å². The van der Waals surface area contributed by atoms with Crippen molar-refractivity contribution < 1.29 is 5.11 Å². The van der Waals surface area contributed by atoms with Gasteiger partial charge in [0, 0.05) is 25.5 Å². The molecule has 3 nitrogen and oxygen atoms in total. The van der Waals surface area contributed by atoms with Crippen LogP contribution in [0.5, 0.6) is 0 Å². The Morgan fingerprint density at radius 3 is 2.35 bits per heavy atom. The zero-order valence-electron chi connectivity index (χ0n) is 12.2. The Balaban J connectivity index is 2.06. The molecule has 0 amide bonds. The van der Waals surface area contributed by atoms with E-state index in [4.69, 9.17) is 0 Å². The van der Waals surface area contributed by atoms with Crippen molar-refractivity contribution >= 4 is 0 Å². The molecule has 1 aromatic heterocycles. The highest BCUT2D eigenvalue weighted by Crippen LogP contribution is 2.22. The van der Waals surface area contributed by atoms with E-state index in [-0.39, 0.29) is 0 Å². The maximum absolute atomic E-state index is 10.7. The molecule has 1 N–H and O–H groups in total. The van der Waals surface area contributed by atoms with E-state index in [0.717, 1.165) is 18.7 Å². The van der Waals surface area contributed by atoms with E-state index in [1.54, 1.807) is 12.4 Å². The van der Waals surface area contributed by atoms with Crippen molar-refractivity contribution in [2.24, 2.45) is 0 Å². The molecule has 0 fully saturated rings. The fourth-order valence-electron chi connectivity index (χ4n) is 2.35. The maximum atomic E-state index is 10.7. The van der Waals surface area contributed by atoms with E-state index in [1.807, 2.05) is 49.4 Å². The Labute approximate surface area is 120 Å². The second kappa shape index (κ2) is 6.64. The van der Waals surface area contributed by atoms with Crippen molar-refractivity contribution in [1.29, 1.82) is 0 Å². The smallest absolute Gasteiger partial charge is 0.0994 e. The number of rotatable bonds is 6. The third kappa shape index (κ3) is 3.89. The van der Waals surface area contributed by atoms with Crippen molar-refractivity contribution in [3.63, 3.8) is 0 Å². The highest BCUT2D eigenvalue weighted by Gasteiger charge is 2.25. The second-order valence-corrected chi connectivity index (χ2v) is 5.30. The first-order valence-electron chi connectivity index (χ1n) is 7.01. The predicted octanol–water partition coefficient (Wildman–Crippen LogP) is 2.81. The van der Waals surface area contributed by atoms with Crippen molar-refractivity contribution in [3.8, 4) is 0 Å². The Morgan fingerprint density at radius 2 is 1.75 bits per heavy atom. The van der Waals surface area contributed by atoms with Gasteiger partial charge in [0.15, 0.2) is 0 Å². The average molecular weight is 270 g/mol. The highest BCUT2D eigenvalue weighted by atomic mass is 16.3. The molecule has 1 unspecified atom stereocenters. The average Bonchev–Trinajstić information content (AvgIpc) is 2.48. The molecule has 106 valence electrons. The molecule has 2 rings (SSSR count). The van der Waals surface area contributed by atoms with Crippen LogP contribution in [0.15, 0.2) is 54.9 Å². The maximum Gasteiger partial charge on any atom is 0.0994 e. The quantitative estimate of drug-likeness (QED) is 0.877. The van der Waals surface area contributed by atoms with Gasteiger partial charge in [0.05, 0.1) is 5.60 Å². The van der Waals surface area contributed by atoms with Crippen molar-refractivity contribution in [3.05, 3.63) is 66.0 Å². The number of aromatic nitrogens is 1. The summed E-state index contributed by atoms with van der Waals surface area (Å²) in [4.78, 5) is 6.27. The van der Waals surface area contributed by atoms with Gasteiger partial charge >= 0.3 is 0 Å². The van der Waals surface area contributed by atoms with E-state index in [2.05, 4.69) is 16.8 Å². The minimum absolute atomic E-state index is 0.607. The predicted molar refractivity (Wildman–Crippen MR) is 81.2 cm³/mol. The van der Waals surface area contributed by atoms with Gasteiger partial charge in [-0.2, -0.15) is 0 Å². The van der Waals surface area contributed by atoms with Gasteiger partial charge in [-0.1, -0.05) is 37.3 Å². The van der Waals surface area contributed by atoms with Gasteiger partial charge < -0.3 is 5.11 Å². The summed E-state index contributed by atoms with van der Waals surface area (Å²) in [5.41, 5.74) is 1.32. The lowest BCUT2D eigenvalue weighted by Gasteiger charge is -2.31. The molecule has 0 saturated carbocycles. The van der Waals surface area contributed by atoms with Crippen LogP contribution >= 0.6 is 0 Å². The van der Waals surface area contributed by atoms with Crippen molar-refractivity contribution in [2.75, 3.05) is 13.1 Å². The molecule has 0 aliphatic carbocycles. The van der Waals surface area contributed by atoms with Crippen molar-refractivity contribution in [1.82, 2.24) is 9.88 Å². The van der Waals surface area contributed by atoms with Gasteiger partial charge in [-0.25, -0.2) is 0 Å². The lowest BCUT2D eigenvalue weighted by Crippen LogP contribution is -2.38. The summed E-state index contributed by atoms with van der Waals surface area (Å²) in [5.74, 6) is 0. The molecule has 1 aromatic carbocycles. The lowest BCUT2D eigenvalue weighted by molar-refractivity contribution is 0.0149. The molecule has 2 aromatic rings. The number of likely N-dealkylation sites (N-methyl/N-ethyl adjacent to an activating group) is 1. The zero-order valence-corrected chi connectivity index (χ0v) is 12.2. The van der Waals surface area contributed by atoms with Gasteiger partial charge in [-0.3, -0.25) is 9.88 Å². The minimum atomic E-state index is -0.843. The molecule has 3 heteroatoms. The fraction of sp³-hybridized carbons (Fsp3) is 0.353. The van der Waals surface area contributed by atoms with E-state index >= 15 is 0 Å². The summed E-state index contributed by atoms with van der Waals surface area (Å²) in [6.45, 7) is 6.31. The molecule has 0 spiro atoms. The number of hydrogen-bond donors (Lipinski definition) is 1. The van der Waals surface area contributed by atoms with Gasteiger partial charge in [0.1, 0.15) is 0 Å². The lowest BCUT2D eigenvalue weighted by atomic mass is 9.95. The summed E-state index contributed by atoms with van der Waals surface area (Å²) in [5, 5.41) is 10.7. The number of nitrogens with zero attached hydrogens (tertiary/aromatic N) is 2. The first-order chi connectivity index (χ1) is 9.62. The monoisotopic (exact) mass is 270 g/mol. The molecule has 20 heavy (non-hydrogen) atoms. The van der Waals surface area contributed by atoms with Crippen LogP contribution in [-0.2, 0) is 12.1 Å². The van der Waals surface area contributed by atoms with Gasteiger partial charge in [-0.15, -0.1) is 0 Å². The number of pyridine rings is 1. The Hall–Kier alpha value is -1.71. The van der Waals surface area contributed by atoms with Crippen LogP contribution < -0.4 is 0 Å². The van der Waals surface area contributed by atoms with E-state index in [0.29, 0.717) is 6.54 Å². The molecule has 0 aliphatic heterocycles. The van der Waals surface area contributed by atoms with Gasteiger partial charge in [-0.05, 0) is 36.7 Å². The molecule has 0 bridgehead atoms. The third-order valence-electron chi connectivity index (χ3n) is 3.53. The van der Waals surface area contributed by atoms with Gasteiger partial charge in [0.2, 0.25) is 0 Å². The summed E-state index contributed by atoms with van der Waals surface area (Å²) in [6, 6.07) is 13.9. The van der Waals surface area contributed by atoms with Gasteiger partial charge in [0.25, 0.3) is 0 Å². The second-order valence-electron chi connectivity index (χ2n) is 5.30. The summed E-state index contributed by atoms with van der Waals surface area (Å²) in [6.07, 6.45) is 3.61. The number of aliphatic hydroxyl groups is 1. The Morgan fingerprint density at radius 1 is 1.10 bits per heavy atom.